The largest absolute Gasteiger partial charge is 0.492 e. The number of hydrogen-bond donors (Lipinski definition) is 0. The van der Waals surface area contributed by atoms with Crippen LogP contribution in [0.4, 0.5) is 0 Å². The number of hydrogen-bond acceptors (Lipinski definition) is 2. The second-order valence-corrected chi connectivity index (χ2v) is 4.87. The van der Waals surface area contributed by atoms with Gasteiger partial charge in [-0.2, -0.15) is 11.8 Å². The van der Waals surface area contributed by atoms with E-state index in [4.69, 9.17) is 4.74 Å². The van der Waals surface area contributed by atoms with Gasteiger partial charge in [0.25, 0.3) is 0 Å². The van der Waals surface area contributed by atoms with Crippen molar-refractivity contribution in [2.45, 2.75) is 33.1 Å². The first-order chi connectivity index (χ1) is 7.81. The van der Waals surface area contributed by atoms with Crippen molar-refractivity contribution in [1.29, 1.82) is 0 Å². The summed E-state index contributed by atoms with van der Waals surface area (Å²) in [6, 6.07) is 6.59. The van der Waals surface area contributed by atoms with Gasteiger partial charge in [0, 0.05) is 5.75 Å². The second-order valence-electron chi connectivity index (χ2n) is 3.89. The summed E-state index contributed by atoms with van der Waals surface area (Å²) in [4.78, 5) is 0. The van der Waals surface area contributed by atoms with Gasteiger partial charge in [0.1, 0.15) is 5.75 Å². The van der Waals surface area contributed by atoms with Crippen molar-refractivity contribution in [3.05, 3.63) is 29.3 Å². The van der Waals surface area contributed by atoms with Crippen molar-refractivity contribution in [3.8, 4) is 5.75 Å². The third-order valence-corrected chi connectivity index (χ3v) is 3.17. The number of ether oxygens (including phenoxy) is 1. The maximum atomic E-state index is 5.81. The second kappa shape index (κ2) is 7.61. The summed E-state index contributed by atoms with van der Waals surface area (Å²) in [5.74, 6) is 2.13. The van der Waals surface area contributed by atoms with E-state index in [2.05, 4.69) is 38.3 Å². The van der Waals surface area contributed by atoms with Gasteiger partial charge < -0.3 is 4.74 Å². The van der Waals surface area contributed by atoms with E-state index in [1.807, 2.05) is 11.8 Å². The van der Waals surface area contributed by atoms with Crippen LogP contribution in [0.25, 0.3) is 0 Å². The Labute approximate surface area is 104 Å². The third-order valence-electron chi connectivity index (χ3n) is 2.60. The molecule has 0 amide bonds. The van der Waals surface area contributed by atoms with E-state index in [-0.39, 0.29) is 0 Å². The molecule has 0 N–H and O–H groups in total. The highest BCUT2D eigenvalue weighted by Gasteiger charge is 2.03. The average molecular weight is 238 g/mol. The molecule has 0 aliphatic carbocycles. The molecule has 90 valence electrons. The zero-order valence-electron chi connectivity index (χ0n) is 10.6. The third kappa shape index (κ3) is 4.09. The van der Waals surface area contributed by atoms with Crippen LogP contribution in [0.1, 0.15) is 31.4 Å². The zero-order chi connectivity index (χ0) is 11.8. The first-order valence-corrected chi connectivity index (χ1v) is 7.44. The predicted octanol–water partition coefficient (Wildman–Crippen LogP) is 3.94. The Hall–Kier alpha value is -0.630. The first-order valence-electron chi connectivity index (χ1n) is 6.05. The van der Waals surface area contributed by atoms with Crippen LogP contribution >= 0.6 is 11.8 Å². The summed E-state index contributed by atoms with van der Waals surface area (Å²) in [5.41, 5.74) is 2.77. The monoisotopic (exact) mass is 238 g/mol. The molecule has 0 aromatic heterocycles. The van der Waals surface area contributed by atoms with Crippen molar-refractivity contribution < 1.29 is 4.74 Å². The molecule has 1 aromatic carbocycles. The lowest BCUT2D eigenvalue weighted by Gasteiger charge is -2.12. The van der Waals surface area contributed by atoms with Crippen LogP contribution in [-0.2, 0) is 12.8 Å². The number of aryl methyl sites for hydroxylation is 2. The van der Waals surface area contributed by atoms with E-state index in [0.29, 0.717) is 0 Å². The minimum atomic E-state index is 0.809. The highest BCUT2D eigenvalue weighted by Crippen LogP contribution is 2.22. The van der Waals surface area contributed by atoms with Gasteiger partial charge in [-0.15, -0.1) is 0 Å². The van der Waals surface area contributed by atoms with Crippen LogP contribution in [-0.4, -0.2) is 18.6 Å². The fourth-order valence-corrected chi connectivity index (χ4v) is 1.94. The maximum absolute atomic E-state index is 5.81. The molecule has 16 heavy (non-hydrogen) atoms. The van der Waals surface area contributed by atoms with Gasteiger partial charge in [0.05, 0.1) is 6.61 Å². The predicted molar refractivity (Wildman–Crippen MR) is 73.7 cm³/mol. The van der Waals surface area contributed by atoms with Gasteiger partial charge in [0.15, 0.2) is 0 Å². The molecule has 0 spiro atoms. The van der Waals surface area contributed by atoms with Crippen LogP contribution in [0, 0.1) is 0 Å². The Morgan fingerprint density at radius 1 is 1.25 bits per heavy atom. The number of benzene rings is 1. The van der Waals surface area contributed by atoms with Gasteiger partial charge in [0.2, 0.25) is 0 Å². The molecule has 2 heteroatoms. The molecule has 0 atom stereocenters. The van der Waals surface area contributed by atoms with Crippen molar-refractivity contribution >= 4 is 11.8 Å². The zero-order valence-corrected chi connectivity index (χ0v) is 11.4. The molecular weight excluding hydrogens is 216 g/mol. The van der Waals surface area contributed by atoms with Gasteiger partial charge in [-0.3, -0.25) is 0 Å². The number of thioether (sulfide) groups is 1. The SMILES string of the molecule is CCCc1cc(CC)ccc1OCCSC. The normalized spacial score (nSPS) is 10.4. The lowest BCUT2D eigenvalue weighted by Crippen LogP contribution is -2.02. The molecule has 1 rings (SSSR count). The van der Waals surface area contributed by atoms with E-state index in [0.717, 1.165) is 31.0 Å². The maximum Gasteiger partial charge on any atom is 0.122 e. The highest BCUT2D eigenvalue weighted by molar-refractivity contribution is 7.98. The fraction of sp³-hybridized carbons (Fsp3) is 0.571. The highest BCUT2D eigenvalue weighted by atomic mass is 32.2. The van der Waals surface area contributed by atoms with E-state index >= 15 is 0 Å². The summed E-state index contributed by atoms with van der Waals surface area (Å²) in [6.07, 6.45) is 5.49. The molecule has 0 unspecified atom stereocenters. The van der Waals surface area contributed by atoms with E-state index in [1.54, 1.807) is 0 Å². The Kier molecular flexibility index (Phi) is 6.39. The van der Waals surface area contributed by atoms with Crippen molar-refractivity contribution in [1.82, 2.24) is 0 Å². The minimum Gasteiger partial charge on any atom is -0.492 e. The minimum absolute atomic E-state index is 0.809. The molecule has 0 saturated heterocycles. The molecule has 0 radical (unpaired) electrons. The quantitative estimate of drug-likeness (QED) is 0.665. The van der Waals surface area contributed by atoms with Crippen LogP contribution in [0.5, 0.6) is 5.75 Å². The van der Waals surface area contributed by atoms with E-state index in [1.165, 1.54) is 17.5 Å². The topological polar surface area (TPSA) is 9.23 Å². The van der Waals surface area contributed by atoms with Crippen molar-refractivity contribution in [3.63, 3.8) is 0 Å². The molecule has 0 fully saturated rings. The van der Waals surface area contributed by atoms with Gasteiger partial charge in [-0.25, -0.2) is 0 Å². The molecule has 1 aromatic rings. The van der Waals surface area contributed by atoms with Crippen molar-refractivity contribution in [2.24, 2.45) is 0 Å². The van der Waals surface area contributed by atoms with Crippen LogP contribution in [0.15, 0.2) is 18.2 Å². The summed E-state index contributed by atoms with van der Waals surface area (Å²) >= 11 is 1.82. The molecular formula is C14H22OS. The lowest BCUT2D eigenvalue weighted by molar-refractivity contribution is 0.340. The first kappa shape index (κ1) is 13.4. The molecule has 1 nitrogen and oxygen atoms in total. The standard InChI is InChI=1S/C14H22OS/c1-4-6-13-11-12(5-2)7-8-14(13)15-9-10-16-3/h7-8,11H,4-6,9-10H2,1-3H3. The average Bonchev–Trinajstić information content (AvgIpc) is 2.31. The molecule has 0 saturated carbocycles. The molecule has 0 bridgehead atoms. The van der Waals surface area contributed by atoms with Crippen LogP contribution in [0.3, 0.4) is 0 Å². The molecule has 0 heterocycles. The molecule has 0 aliphatic heterocycles. The smallest absolute Gasteiger partial charge is 0.122 e. The Morgan fingerprint density at radius 2 is 2.06 bits per heavy atom. The Morgan fingerprint density at radius 3 is 2.69 bits per heavy atom. The van der Waals surface area contributed by atoms with Crippen LogP contribution < -0.4 is 4.74 Å². The van der Waals surface area contributed by atoms with Gasteiger partial charge >= 0.3 is 0 Å². The molecule has 0 aliphatic rings. The van der Waals surface area contributed by atoms with Crippen LogP contribution in [0.2, 0.25) is 0 Å². The summed E-state index contributed by atoms with van der Waals surface area (Å²) in [6.45, 7) is 5.22. The summed E-state index contributed by atoms with van der Waals surface area (Å²) in [5, 5.41) is 0. The summed E-state index contributed by atoms with van der Waals surface area (Å²) in [7, 11) is 0. The van der Waals surface area contributed by atoms with Crippen molar-refractivity contribution in [2.75, 3.05) is 18.6 Å². The summed E-state index contributed by atoms with van der Waals surface area (Å²) < 4.78 is 5.81. The lowest BCUT2D eigenvalue weighted by atomic mass is 10.0. The van der Waals surface area contributed by atoms with Gasteiger partial charge in [-0.05, 0) is 36.3 Å². The van der Waals surface area contributed by atoms with E-state index < -0.39 is 0 Å². The Balaban J connectivity index is 2.72. The van der Waals surface area contributed by atoms with E-state index in [9.17, 15) is 0 Å². The number of rotatable bonds is 7. The van der Waals surface area contributed by atoms with Gasteiger partial charge in [-0.1, -0.05) is 32.4 Å². The Bertz CT molecular complexity index is 310. The fourth-order valence-electron chi connectivity index (χ4n) is 1.69.